The highest BCUT2D eigenvalue weighted by Crippen LogP contribution is 2.22. The van der Waals surface area contributed by atoms with Crippen LogP contribution in [0.3, 0.4) is 0 Å². The van der Waals surface area contributed by atoms with Crippen molar-refractivity contribution in [3.63, 3.8) is 0 Å². The third-order valence-electron chi connectivity index (χ3n) is 4.95. The van der Waals surface area contributed by atoms with Gasteiger partial charge in [0.15, 0.2) is 6.61 Å². The quantitative estimate of drug-likeness (QED) is 0.717. The lowest BCUT2D eigenvalue weighted by Gasteiger charge is -2.22. The van der Waals surface area contributed by atoms with Gasteiger partial charge in [-0.05, 0) is 24.3 Å². The highest BCUT2D eigenvalue weighted by molar-refractivity contribution is 6.02. The van der Waals surface area contributed by atoms with E-state index in [9.17, 15) is 14.4 Å². The van der Waals surface area contributed by atoms with Gasteiger partial charge >= 0.3 is 5.97 Å². The number of hydrogen-bond acceptors (Lipinski definition) is 4. The normalized spacial score (nSPS) is 14.4. The molecule has 0 aliphatic heterocycles. The minimum Gasteiger partial charge on any atom is -0.456 e. The predicted molar refractivity (Wildman–Crippen MR) is 108 cm³/mol. The molecule has 28 heavy (non-hydrogen) atoms. The molecular weight excluding hydrogens is 356 g/mol. The Morgan fingerprint density at radius 1 is 0.893 bits per heavy atom. The van der Waals surface area contributed by atoms with Crippen molar-refractivity contribution in [3.8, 4) is 0 Å². The van der Waals surface area contributed by atoms with Crippen molar-refractivity contribution in [2.45, 2.75) is 51.0 Å². The molecule has 0 spiro atoms. The van der Waals surface area contributed by atoms with Gasteiger partial charge in [0, 0.05) is 23.5 Å². The van der Waals surface area contributed by atoms with Crippen molar-refractivity contribution in [2.75, 3.05) is 11.9 Å². The van der Waals surface area contributed by atoms with Gasteiger partial charge in [-0.2, -0.15) is 0 Å². The summed E-state index contributed by atoms with van der Waals surface area (Å²) in [6.07, 6.45) is 5.56. The van der Waals surface area contributed by atoms with E-state index in [1.807, 2.05) is 36.4 Å². The van der Waals surface area contributed by atoms with Gasteiger partial charge in [0.25, 0.3) is 5.91 Å². The molecule has 6 heteroatoms. The second kappa shape index (κ2) is 9.88. The summed E-state index contributed by atoms with van der Waals surface area (Å²) in [5.74, 6) is -1.09. The van der Waals surface area contributed by atoms with Crippen molar-refractivity contribution in [1.82, 2.24) is 5.32 Å². The molecule has 0 saturated heterocycles. The number of esters is 1. The summed E-state index contributed by atoms with van der Waals surface area (Å²) in [4.78, 5) is 35.8. The van der Waals surface area contributed by atoms with Crippen molar-refractivity contribution >= 4 is 34.2 Å². The van der Waals surface area contributed by atoms with Crippen molar-refractivity contribution in [3.05, 3.63) is 42.5 Å². The summed E-state index contributed by atoms with van der Waals surface area (Å²) in [6.45, 7) is -0.369. The number of fused-ring (bicyclic) bond motifs is 1. The number of nitrogens with one attached hydrogen (secondary N) is 2. The zero-order chi connectivity index (χ0) is 19.8. The first-order chi connectivity index (χ1) is 13.6. The summed E-state index contributed by atoms with van der Waals surface area (Å²) in [5, 5.41) is 7.66. The monoisotopic (exact) mass is 382 g/mol. The van der Waals surface area contributed by atoms with E-state index in [0.29, 0.717) is 5.69 Å². The van der Waals surface area contributed by atoms with E-state index in [1.54, 1.807) is 6.07 Å². The Balaban J connectivity index is 1.39. The number of ether oxygens (including phenoxy) is 1. The Hall–Kier alpha value is -2.89. The fourth-order valence-electron chi connectivity index (χ4n) is 3.50. The highest BCUT2D eigenvalue weighted by Gasteiger charge is 2.17. The van der Waals surface area contributed by atoms with Crippen molar-refractivity contribution < 1.29 is 19.1 Å². The topological polar surface area (TPSA) is 84.5 Å². The molecule has 0 unspecified atom stereocenters. The van der Waals surface area contributed by atoms with Crippen LogP contribution in [0, 0.1) is 0 Å². The average molecular weight is 382 g/mol. The number of hydrogen-bond donors (Lipinski definition) is 2. The Bertz CT molecular complexity index is 838. The lowest BCUT2D eigenvalue weighted by atomic mass is 9.95. The van der Waals surface area contributed by atoms with E-state index in [4.69, 9.17) is 4.74 Å². The minimum atomic E-state index is -0.549. The van der Waals surface area contributed by atoms with Crippen molar-refractivity contribution in [2.24, 2.45) is 0 Å². The summed E-state index contributed by atoms with van der Waals surface area (Å²) in [7, 11) is 0. The molecule has 0 bridgehead atoms. The van der Waals surface area contributed by atoms with E-state index in [2.05, 4.69) is 10.6 Å². The molecule has 2 aromatic carbocycles. The van der Waals surface area contributed by atoms with Crippen molar-refractivity contribution in [1.29, 1.82) is 0 Å². The standard InChI is InChI=1S/C22H26N2O4/c25-20(23-17-9-2-1-3-10-17)13-14-22(27)28-15-21(26)24-19-12-6-8-16-7-4-5-11-18(16)19/h4-8,11-12,17H,1-3,9-10,13-15H2,(H,23,25)(H,24,26). The van der Waals surface area contributed by atoms with Crippen LogP contribution in [0.4, 0.5) is 5.69 Å². The fourth-order valence-corrected chi connectivity index (χ4v) is 3.50. The summed E-state index contributed by atoms with van der Waals surface area (Å²) >= 11 is 0. The molecule has 0 aromatic heterocycles. The van der Waals surface area contributed by atoms with E-state index >= 15 is 0 Å². The fraction of sp³-hybridized carbons (Fsp3) is 0.409. The molecule has 148 valence electrons. The number of benzene rings is 2. The molecule has 6 nitrogen and oxygen atoms in total. The van der Waals surface area contributed by atoms with Crippen LogP contribution in [-0.2, 0) is 19.1 Å². The van der Waals surface area contributed by atoms with E-state index < -0.39 is 11.9 Å². The maximum Gasteiger partial charge on any atom is 0.306 e. The van der Waals surface area contributed by atoms with Gasteiger partial charge in [0.05, 0.1) is 6.42 Å². The molecule has 0 atom stereocenters. The molecule has 3 rings (SSSR count). The largest absolute Gasteiger partial charge is 0.456 e. The summed E-state index contributed by atoms with van der Waals surface area (Å²) in [6, 6.07) is 13.6. The Kier molecular flexibility index (Phi) is 7.00. The van der Waals surface area contributed by atoms with Crippen LogP contribution in [-0.4, -0.2) is 30.4 Å². The zero-order valence-electron chi connectivity index (χ0n) is 15.9. The second-order valence-corrected chi connectivity index (χ2v) is 7.14. The van der Waals surface area contributed by atoms with E-state index in [1.165, 1.54) is 6.42 Å². The average Bonchev–Trinajstić information content (AvgIpc) is 2.72. The SMILES string of the molecule is O=C(COC(=O)CCC(=O)NC1CCCCC1)Nc1cccc2ccccc12. The van der Waals surface area contributed by atoms with Gasteiger partial charge < -0.3 is 15.4 Å². The van der Waals surface area contributed by atoms with Gasteiger partial charge in [-0.3, -0.25) is 14.4 Å². The Labute approximate surface area is 164 Å². The van der Waals surface area contributed by atoms with Crippen LogP contribution < -0.4 is 10.6 Å². The molecule has 0 radical (unpaired) electrons. The maximum atomic E-state index is 12.1. The number of carbonyl (C=O) groups excluding carboxylic acids is 3. The van der Waals surface area contributed by atoms with Gasteiger partial charge in [-0.15, -0.1) is 0 Å². The number of rotatable bonds is 7. The Morgan fingerprint density at radius 3 is 2.46 bits per heavy atom. The van der Waals surface area contributed by atoms with Gasteiger partial charge in [0.2, 0.25) is 5.91 Å². The molecule has 1 fully saturated rings. The number of anilines is 1. The first kappa shape index (κ1) is 19.9. The van der Waals surface area contributed by atoms with E-state index in [0.717, 1.165) is 36.5 Å². The minimum absolute atomic E-state index is 0.0277. The number of amides is 2. The molecule has 2 aromatic rings. The van der Waals surface area contributed by atoms with Gasteiger partial charge in [-0.1, -0.05) is 55.7 Å². The van der Waals surface area contributed by atoms with Crippen LogP contribution >= 0.6 is 0 Å². The summed E-state index contributed by atoms with van der Waals surface area (Å²) < 4.78 is 5.00. The van der Waals surface area contributed by atoms with Crippen LogP contribution in [0.1, 0.15) is 44.9 Å². The van der Waals surface area contributed by atoms with Crippen LogP contribution in [0.15, 0.2) is 42.5 Å². The predicted octanol–water partition coefficient (Wildman–Crippen LogP) is 3.55. The van der Waals surface area contributed by atoms with Gasteiger partial charge in [-0.25, -0.2) is 0 Å². The van der Waals surface area contributed by atoms with Gasteiger partial charge in [0.1, 0.15) is 0 Å². The molecule has 2 amide bonds. The molecule has 1 aliphatic carbocycles. The zero-order valence-corrected chi connectivity index (χ0v) is 15.9. The molecule has 0 heterocycles. The molecular formula is C22H26N2O4. The van der Waals surface area contributed by atoms with Crippen LogP contribution in [0.2, 0.25) is 0 Å². The molecule has 1 saturated carbocycles. The maximum absolute atomic E-state index is 12.1. The third kappa shape index (κ3) is 5.81. The third-order valence-corrected chi connectivity index (χ3v) is 4.95. The first-order valence-electron chi connectivity index (χ1n) is 9.84. The van der Waals surface area contributed by atoms with Crippen LogP contribution in [0.25, 0.3) is 10.8 Å². The van der Waals surface area contributed by atoms with E-state index in [-0.39, 0.29) is 31.4 Å². The second-order valence-electron chi connectivity index (χ2n) is 7.14. The lowest BCUT2D eigenvalue weighted by molar-refractivity contribution is -0.148. The first-order valence-corrected chi connectivity index (χ1v) is 9.84. The van der Waals surface area contributed by atoms with Crippen LogP contribution in [0.5, 0.6) is 0 Å². The Morgan fingerprint density at radius 2 is 1.64 bits per heavy atom. The lowest BCUT2D eigenvalue weighted by Crippen LogP contribution is -2.36. The molecule has 2 N–H and O–H groups in total. The molecule has 1 aliphatic rings. The number of carbonyl (C=O) groups is 3. The summed E-state index contributed by atoms with van der Waals surface area (Å²) in [5.41, 5.74) is 0.672. The smallest absolute Gasteiger partial charge is 0.306 e. The highest BCUT2D eigenvalue weighted by atomic mass is 16.5.